The van der Waals surface area contributed by atoms with E-state index in [9.17, 15) is 0 Å². The summed E-state index contributed by atoms with van der Waals surface area (Å²) >= 11 is 0. The summed E-state index contributed by atoms with van der Waals surface area (Å²) in [6, 6.07) is 12.9. The summed E-state index contributed by atoms with van der Waals surface area (Å²) in [7, 11) is 0. The van der Waals surface area contributed by atoms with Crippen molar-refractivity contribution in [3.05, 3.63) is 72.3 Å². The number of hydrogen-bond donors (Lipinski definition) is 0. The van der Waals surface area contributed by atoms with Crippen molar-refractivity contribution in [1.29, 1.82) is 0 Å². The standard InChI is InChI=1S/C34H48N10/c1-7-39-21-22-40(8-2)33(39)37-35-29-13-15-31(27(5)25-29)43-17-11-19-44(20-12-18-43)32-16-14-30(26-28(32)6)36-38-34-41(9-3)23-24-42(34)10-4/h13-16,21-26H,7-12,17-20H2,1-6H3/q+2. The monoisotopic (exact) mass is 596 g/mol. The fourth-order valence-electron chi connectivity index (χ4n) is 6.06. The van der Waals surface area contributed by atoms with Gasteiger partial charge in [0.05, 0.1) is 51.0 Å². The summed E-state index contributed by atoms with van der Waals surface area (Å²) < 4.78 is 8.47. The molecule has 0 atom stereocenters. The Morgan fingerprint density at radius 3 is 1.34 bits per heavy atom. The Labute approximate surface area is 262 Å². The second-order valence-electron chi connectivity index (χ2n) is 11.4. The first-order valence-corrected chi connectivity index (χ1v) is 16.2. The highest BCUT2D eigenvalue weighted by Gasteiger charge is 2.19. The van der Waals surface area contributed by atoms with E-state index in [1.165, 1.54) is 22.5 Å². The highest BCUT2D eigenvalue weighted by molar-refractivity contribution is 5.60. The van der Waals surface area contributed by atoms with E-state index < -0.39 is 0 Å². The van der Waals surface area contributed by atoms with Crippen LogP contribution in [0.4, 0.5) is 34.6 Å². The Bertz CT molecular complexity index is 1440. The van der Waals surface area contributed by atoms with Gasteiger partial charge in [-0.3, -0.25) is 0 Å². The first kappa shape index (κ1) is 31.1. The van der Waals surface area contributed by atoms with E-state index in [-0.39, 0.29) is 0 Å². The number of hydrogen-bond acceptors (Lipinski definition) is 6. The molecule has 0 saturated carbocycles. The Kier molecular flexibility index (Phi) is 10.2. The highest BCUT2D eigenvalue weighted by Crippen LogP contribution is 2.30. The Hall–Kier alpha value is -4.34. The third-order valence-corrected chi connectivity index (χ3v) is 8.51. The predicted molar refractivity (Wildman–Crippen MR) is 176 cm³/mol. The SMILES string of the molecule is CCn1cc[n+](CC)c1N=Nc1ccc(N2CCCN(c3ccc(N=Nc4n(CC)cc[n+]4CC)cc3C)CCC2)c(C)c1. The van der Waals surface area contributed by atoms with Crippen LogP contribution in [0.25, 0.3) is 0 Å². The van der Waals surface area contributed by atoms with Crippen molar-refractivity contribution in [2.24, 2.45) is 20.5 Å². The summed E-state index contributed by atoms with van der Waals surface area (Å²) in [5, 5.41) is 18.4. The molecule has 0 spiro atoms. The zero-order valence-electron chi connectivity index (χ0n) is 27.3. The molecular weight excluding hydrogens is 548 g/mol. The number of nitrogens with zero attached hydrogens (tertiary/aromatic N) is 10. The summed E-state index contributed by atoms with van der Waals surface area (Å²) in [5.74, 6) is 1.76. The lowest BCUT2D eigenvalue weighted by molar-refractivity contribution is -0.680. The van der Waals surface area contributed by atoms with Crippen LogP contribution in [0.15, 0.2) is 81.6 Å². The molecule has 10 heteroatoms. The molecule has 1 aliphatic rings. The van der Waals surface area contributed by atoms with Gasteiger partial charge in [-0.1, -0.05) is 10.2 Å². The van der Waals surface area contributed by atoms with Gasteiger partial charge in [0.15, 0.2) is 0 Å². The van der Waals surface area contributed by atoms with Gasteiger partial charge in [0.25, 0.3) is 0 Å². The molecule has 44 heavy (non-hydrogen) atoms. The van der Waals surface area contributed by atoms with E-state index in [1.54, 1.807) is 0 Å². The number of aryl methyl sites for hydroxylation is 6. The average molecular weight is 597 g/mol. The number of imidazole rings is 2. The van der Waals surface area contributed by atoms with Crippen LogP contribution in [0.3, 0.4) is 0 Å². The third kappa shape index (κ3) is 6.90. The van der Waals surface area contributed by atoms with E-state index in [0.29, 0.717) is 0 Å². The van der Waals surface area contributed by atoms with Gasteiger partial charge < -0.3 is 9.80 Å². The quantitative estimate of drug-likeness (QED) is 0.140. The Morgan fingerprint density at radius 1 is 0.591 bits per heavy atom. The zero-order chi connectivity index (χ0) is 31.1. The zero-order valence-corrected chi connectivity index (χ0v) is 27.3. The maximum Gasteiger partial charge on any atom is 0.421 e. The van der Waals surface area contributed by atoms with Crippen molar-refractivity contribution < 1.29 is 9.13 Å². The van der Waals surface area contributed by atoms with E-state index in [4.69, 9.17) is 0 Å². The molecule has 1 fully saturated rings. The number of benzene rings is 2. The van der Waals surface area contributed by atoms with Crippen LogP contribution in [0, 0.1) is 13.8 Å². The van der Waals surface area contributed by atoms with Gasteiger partial charge >= 0.3 is 11.9 Å². The molecule has 2 aromatic heterocycles. The largest absolute Gasteiger partial charge is 0.421 e. The molecule has 5 rings (SSSR count). The first-order chi connectivity index (χ1) is 21.4. The van der Waals surface area contributed by atoms with Crippen molar-refractivity contribution in [3.8, 4) is 0 Å². The second-order valence-corrected chi connectivity index (χ2v) is 11.4. The minimum absolute atomic E-state index is 0.872. The van der Waals surface area contributed by atoms with Crippen LogP contribution in [-0.2, 0) is 26.2 Å². The van der Waals surface area contributed by atoms with E-state index >= 15 is 0 Å². The fourth-order valence-corrected chi connectivity index (χ4v) is 6.06. The molecule has 0 N–H and O–H groups in total. The Morgan fingerprint density at radius 2 is 1.00 bits per heavy atom. The smallest absolute Gasteiger partial charge is 0.371 e. The summed E-state index contributed by atoms with van der Waals surface area (Å²) in [5.41, 5.74) is 6.84. The van der Waals surface area contributed by atoms with Crippen molar-refractivity contribution in [2.45, 2.75) is 80.6 Å². The lowest BCUT2D eigenvalue weighted by atomic mass is 10.1. The molecule has 4 aromatic rings. The highest BCUT2D eigenvalue weighted by atomic mass is 15.3. The van der Waals surface area contributed by atoms with E-state index in [2.05, 4.69) is 151 Å². The van der Waals surface area contributed by atoms with Crippen LogP contribution in [0.5, 0.6) is 0 Å². The summed E-state index contributed by atoms with van der Waals surface area (Å²) in [6.45, 7) is 20.5. The van der Waals surface area contributed by atoms with E-state index in [1.807, 2.05) is 0 Å². The number of aromatic nitrogens is 4. The topological polar surface area (TPSA) is 73.5 Å². The summed E-state index contributed by atoms with van der Waals surface area (Å²) in [6.07, 6.45) is 10.4. The summed E-state index contributed by atoms with van der Waals surface area (Å²) in [4.78, 5) is 5.07. The molecule has 10 nitrogen and oxygen atoms in total. The van der Waals surface area contributed by atoms with Crippen LogP contribution >= 0.6 is 0 Å². The number of rotatable bonds is 10. The first-order valence-electron chi connectivity index (χ1n) is 16.2. The molecule has 0 radical (unpaired) electrons. The van der Waals surface area contributed by atoms with Gasteiger partial charge in [0.2, 0.25) is 0 Å². The van der Waals surface area contributed by atoms with Crippen LogP contribution < -0.4 is 18.9 Å². The van der Waals surface area contributed by atoms with Crippen LogP contribution in [-0.4, -0.2) is 35.3 Å². The van der Waals surface area contributed by atoms with Gasteiger partial charge in [-0.25, -0.2) is 18.3 Å². The molecule has 0 bridgehead atoms. The second kappa shape index (κ2) is 14.4. The third-order valence-electron chi connectivity index (χ3n) is 8.51. The lowest BCUT2D eigenvalue weighted by Gasteiger charge is -2.34. The van der Waals surface area contributed by atoms with E-state index in [0.717, 1.165) is 88.5 Å². The van der Waals surface area contributed by atoms with Crippen molar-refractivity contribution in [3.63, 3.8) is 0 Å². The molecule has 2 aromatic carbocycles. The predicted octanol–water partition coefficient (Wildman–Crippen LogP) is 7.50. The van der Waals surface area contributed by atoms with Crippen molar-refractivity contribution in [1.82, 2.24) is 9.13 Å². The van der Waals surface area contributed by atoms with Gasteiger partial charge in [-0.2, -0.15) is 0 Å². The number of azo groups is 2. The van der Waals surface area contributed by atoms with Crippen molar-refractivity contribution in [2.75, 3.05) is 36.0 Å². The maximum atomic E-state index is 4.59. The molecule has 232 valence electrons. The molecule has 0 unspecified atom stereocenters. The van der Waals surface area contributed by atoms with Gasteiger partial charge in [0, 0.05) is 47.8 Å². The van der Waals surface area contributed by atoms with Crippen LogP contribution in [0.2, 0.25) is 0 Å². The van der Waals surface area contributed by atoms with Crippen LogP contribution in [0.1, 0.15) is 51.7 Å². The number of anilines is 2. The van der Waals surface area contributed by atoms with Crippen molar-refractivity contribution >= 4 is 34.6 Å². The molecular formula is C34H48N10+2. The molecule has 3 heterocycles. The fraction of sp³-hybridized carbons (Fsp3) is 0.471. The van der Waals surface area contributed by atoms with Gasteiger partial charge in [-0.15, -0.1) is 0 Å². The minimum atomic E-state index is 0.872. The normalized spacial score (nSPS) is 14.6. The lowest BCUT2D eigenvalue weighted by Crippen LogP contribution is -2.37. The molecule has 0 aliphatic carbocycles. The van der Waals surface area contributed by atoms with Gasteiger partial charge in [-0.05, 0) is 102 Å². The minimum Gasteiger partial charge on any atom is -0.371 e. The molecule has 1 saturated heterocycles. The van der Waals surface area contributed by atoms with Gasteiger partial charge in [0.1, 0.15) is 11.4 Å². The molecule has 0 amide bonds. The maximum absolute atomic E-state index is 4.59. The average Bonchev–Trinajstić information content (AvgIpc) is 3.62. The molecule has 1 aliphatic heterocycles. The Balaban J connectivity index is 1.21.